The zero-order valence-electron chi connectivity index (χ0n) is 19.2. The van der Waals surface area contributed by atoms with Crippen LogP contribution in [-0.2, 0) is 4.79 Å². The van der Waals surface area contributed by atoms with Gasteiger partial charge in [-0.3, -0.25) is 4.79 Å². The number of carbonyl (C=O) groups is 1. The molecule has 0 amide bonds. The molecule has 0 aliphatic heterocycles. The van der Waals surface area contributed by atoms with Crippen LogP contribution in [0.2, 0.25) is 0 Å². The molecule has 0 spiro atoms. The molecule has 0 aromatic heterocycles. The number of hydrogen-bond donors (Lipinski definition) is 0. The molecule has 0 aromatic rings. The quantitative estimate of drug-likeness (QED) is 0.477. The molecule has 0 bridgehead atoms. The smallest absolute Gasteiger partial charge is 0.159 e. The predicted molar refractivity (Wildman–Crippen MR) is 118 cm³/mol. The first-order chi connectivity index (χ1) is 13.3. The number of rotatable bonds is 5. The summed E-state index contributed by atoms with van der Waals surface area (Å²) in [6, 6.07) is 0. The van der Waals surface area contributed by atoms with Crippen molar-refractivity contribution in [2.45, 2.75) is 105 Å². The van der Waals surface area contributed by atoms with Gasteiger partial charge in [-0.25, -0.2) is 0 Å². The molecular formula is C27H44O. The standard InChI is InChI=1S/C27H44O/c1-18(2)9-8-10-19(3)21-12-13-22-20-17-25(28)24-11-6-7-15-26(24,4)23(20)14-16-27(21,22)5/h17-19,21-24H,6-16H2,1-5H3/t19-,21-,22+,23+,24?,26-,27-/m1/s1. The van der Waals surface area contributed by atoms with Crippen LogP contribution in [0.3, 0.4) is 0 Å². The van der Waals surface area contributed by atoms with Crippen LogP contribution in [-0.4, -0.2) is 5.78 Å². The van der Waals surface area contributed by atoms with Gasteiger partial charge in [-0.1, -0.05) is 72.3 Å². The van der Waals surface area contributed by atoms with Crippen molar-refractivity contribution in [1.29, 1.82) is 0 Å². The second-order valence-corrected chi connectivity index (χ2v) is 12.0. The fourth-order valence-electron chi connectivity index (χ4n) is 8.44. The van der Waals surface area contributed by atoms with E-state index in [0.717, 1.165) is 24.2 Å². The predicted octanol–water partition coefficient (Wildman–Crippen LogP) is 7.60. The van der Waals surface area contributed by atoms with E-state index in [4.69, 9.17) is 0 Å². The average Bonchev–Trinajstić information content (AvgIpc) is 2.99. The number of allylic oxidation sites excluding steroid dienone is 2. The van der Waals surface area contributed by atoms with Crippen molar-refractivity contribution in [2.24, 2.45) is 46.3 Å². The average molecular weight is 385 g/mol. The van der Waals surface area contributed by atoms with Crippen molar-refractivity contribution in [3.63, 3.8) is 0 Å². The first kappa shape index (κ1) is 20.7. The summed E-state index contributed by atoms with van der Waals surface area (Å²) in [5, 5.41) is 0. The first-order valence-corrected chi connectivity index (χ1v) is 12.5. The van der Waals surface area contributed by atoms with Crippen molar-refractivity contribution in [1.82, 2.24) is 0 Å². The Labute approximate surface area is 174 Å². The summed E-state index contributed by atoms with van der Waals surface area (Å²) in [5.74, 6) is 4.73. The molecule has 3 saturated carbocycles. The van der Waals surface area contributed by atoms with Crippen LogP contribution in [0, 0.1) is 46.3 Å². The lowest BCUT2D eigenvalue weighted by molar-refractivity contribution is -0.128. The van der Waals surface area contributed by atoms with Crippen molar-refractivity contribution in [2.75, 3.05) is 0 Å². The Morgan fingerprint density at radius 2 is 1.64 bits per heavy atom. The molecular weight excluding hydrogens is 340 g/mol. The molecule has 7 atom stereocenters. The fraction of sp³-hybridized carbons (Fsp3) is 0.889. The van der Waals surface area contributed by atoms with Crippen LogP contribution in [0.25, 0.3) is 0 Å². The highest BCUT2D eigenvalue weighted by molar-refractivity contribution is 5.94. The Kier molecular flexibility index (Phi) is 5.60. The molecule has 0 saturated heterocycles. The molecule has 0 N–H and O–H groups in total. The summed E-state index contributed by atoms with van der Waals surface area (Å²) in [4.78, 5) is 13.1. The SMILES string of the molecule is CC(C)CCC[C@@H](C)[C@H]1CC[C@H]2C3=CC(=O)C4CCCC[C@]4(C)[C@H]3CC[C@]12C. The Bertz CT molecular complexity index is 630. The third-order valence-corrected chi connectivity index (χ3v) is 10.0. The van der Waals surface area contributed by atoms with Gasteiger partial charge in [0.2, 0.25) is 0 Å². The van der Waals surface area contributed by atoms with Crippen LogP contribution in [0.15, 0.2) is 11.6 Å². The molecule has 4 rings (SSSR count). The summed E-state index contributed by atoms with van der Waals surface area (Å²) >= 11 is 0. The maximum Gasteiger partial charge on any atom is 0.159 e. The van der Waals surface area contributed by atoms with Gasteiger partial charge >= 0.3 is 0 Å². The highest BCUT2D eigenvalue weighted by Crippen LogP contribution is 2.66. The highest BCUT2D eigenvalue weighted by atomic mass is 16.1. The largest absolute Gasteiger partial charge is 0.295 e. The van der Waals surface area contributed by atoms with Crippen molar-refractivity contribution >= 4 is 5.78 Å². The van der Waals surface area contributed by atoms with E-state index in [1.165, 1.54) is 64.2 Å². The summed E-state index contributed by atoms with van der Waals surface area (Å²) in [5.41, 5.74) is 2.32. The second-order valence-electron chi connectivity index (χ2n) is 12.0. The van der Waals surface area contributed by atoms with E-state index < -0.39 is 0 Å². The number of hydrogen-bond acceptors (Lipinski definition) is 1. The molecule has 1 nitrogen and oxygen atoms in total. The molecule has 0 radical (unpaired) electrons. The normalized spacial score (nSPS) is 43.9. The van der Waals surface area contributed by atoms with Gasteiger partial charge in [0.05, 0.1) is 0 Å². The van der Waals surface area contributed by atoms with Crippen LogP contribution in [0.4, 0.5) is 0 Å². The molecule has 0 aromatic carbocycles. The van der Waals surface area contributed by atoms with E-state index in [9.17, 15) is 4.79 Å². The maximum absolute atomic E-state index is 13.1. The van der Waals surface area contributed by atoms with E-state index in [1.807, 2.05) is 0 Å². The Morgan fingerprint density at radius 1 is 0.893 bits per heavy atom. The number of ketones is 1. The highest BCUT2D eigenvalue weighted by Gasteiger charge is 2.59. The monoisotopic (exact) mass is 384 g/mol. The van der Waals surface area contributed by atoms with Gasteiger partial charge < -0.3 is 0 Å². The van der Waals surface area contributed by atoms with Gasteiger partial charge in [-0.2, -0.15) is 0 Å². The lowest BCUT2D eigenvalue weighted by atomic mass is 9.47. The minimum atomic E-state index is 0.266. The topological polar surface area (TPSA) is 17.1 Å². The van der Waals surface area contributed by atoms with Crippen LogP contribution in [0.1, 0.15) is 105 Å². The molecule has 1 heteroatoms. The van der Waals surface area contributed by atoms with Gasteiger partial charge in [0.15, 0.2) is 5.78 Å². The van der Waals surface area contributed by atoms with E-state index in [2.05, 4.69) is 40.7 Å². The summed E-state index contributed by atoms with van der Waals surface area (Å²) in [6.45, 7) is 12.3. The summed E-state index contributed by atoms with van der Waals surface area (Å²) in [7, 11) is 0. The van der Waals surface area contributed by atoms with Gasteiger partial charge in [0, 0.05) is 5.92 Å². The van der Waals surface area contributed by atoms with Crippen LogP contribution in [0.5, 0.6) is 0 Å². The van der Waals surface area contributed by atoms with Crippen molar-refractivity contribution in [3.8, 4) is 0 Å². The zero-order valence-corrected chi connectivity index (χ0v) is 19.2. The lowest BCUT2D eigenvalue weighted by Crippen LogP contribution is -2.51. The van der Waals surface area contributed by atoms with Gasteiger partial charge in [0.1, 0.15) is 0 Å². The van der Waals surface area contributed by atoms with Crippen molar-refractivity contribution < 1.29 is 4.79 Å². The van der Waals surface area contributed by atoms with Gasteiger partial charge in [0.25, 0.3) is 0 Å². The number of fused-ring (bicyclic) bond motifs is 5. The second kappa shape index (κ2) is 7.59. The summed E-state index contributed by atoms with van der Waals surface area (Å²) < 4.78 is 0. The molecule has 1 unspecified atom stereocenters. The molecule has 158 valence electrons. The van der Waals surface area contributed by atoms with E-state index in [0.29, 0.717) is 29.0 Å². The third kappa shape index (κ3) is 3.24. The van der Waals surface area contributed by atoms with Gasteiger partial charge in [-0.05, 0) is 85.0 Å². The Balaban J connectivity index is 1.55. The van der Waals surface area contributed by atoms with E-state index in [-0.39, 0.29) is 5.41 Å². The minimum Gasteiger partial charge on any atom is -0.295 e. The van der Waals surface area contributed by atoms with Crippen LogP contribution < -0.4 is 0 Å². The molecule has 28 heavy (non-hydrogen) atoms. The Hall–Kier alpha value is -0.590. The minimum absolute atomic E-state index is 0.266. The maximum atomic E-state index is 13.1. The third-order valence-electron chi connectivity index (χ3n) is 10.0. The van der Waals surface area contributed by atoms with E-state index in [1.54, 1.807) is 5.57 Å². The molecule has 0 heterocycles. The summed E-state index contributed by atoms with van der Waals surface area (Å²) in [6.07, 6.45) is 16.8. The molecule has 3 fully saturated rings. The fourth-order valence-corrected chi connectivity index (χ4v) is 8.44. The van der Waals surface area contributed by atoms with Gasteiger partial charge in [-0.15, -0.1) is 0 Å². The molecule has 4 aliphatic carbocycles. The molecule has 4 aliphatic rings. The lowest BCUT2D eigenvalue weighted by Gasteiger charge is -2.56. The zero-order chi connectivity index (χ0) is 20.1. The first-order valence-electron chi connectivity index (χ1n) is 12.5. The van der Waals surface area contributed by atoms with Crippen molar-refractivity contribution in [3.05, 3.63) is 11.6 Å². The number of carbonyl (C=O) groups excluding carboxylic acids is 1. The Morgan fingerprint density at radius 3 is 2.39 bits per heavy atom. The van der Waals surface area contributed by atoms with E-state index >= 15 is 0 Å². The van der Waals surface area contributed by atoms with Crippen LogP contribution >= 0.6 is 0 Å².